The summed E-state index contributed by atoms with van der Waals surface area (Å²) in [4.78, 5) is 23.9. The molecule has 0 aromatic heterocycles. The van der Waals surface area contributed by atoms with Gasteiger partial charge in [0, 0.05) is 26.9 Å². The molecule has 0 saturated heterocycles. The molecule has 0 saturated carbocycles. The number of nitrogens with one attached hydrogen (secondary N) is 1. The number of aromatic hydroxyl groups is 1. The number of amides is 1. The summed E-state index contributed by atoms with van der Waals surface area (Å²) in [5, 5.41) is 24.3. The van der Waals surface area contributed by atoms with Crippen molar-refractivity contribution in [2.75, 3.05) is 5.32 Å². The number of hydrogen-bond acceptors (Lipinski definition) is 4. The number of phenolic OH excluding ortho intramolecular Hbond substituents is 1. The first-order chi connectivity index (χ1) is 16.1. The summed E-state index contributed by atoms with van der Waals surface area (Å²) in [6, 6.07) is 16.7. The van der Waals surface area contributed by atoms with Crippen LogP contribution in [0.25, 0.3) is 10.8 Å². The molecule has 0 radical (unpaired) electrons. The summed E-state index contributed by atoms with van der Waals surface area (Å²) in [7, 11) is 0. The van der Waals surface area contributed by atoms with Gasteiger partial charge >= 0.3 is 12.1 Å². The zero-order valence-electron chi connectivity index (χ0n) is 18.7. The number of carboxylic acid groups (broad SMARTS) is 1. The third-order valence-electron chi connectivity index (χ3n) is 5.52. The fraction of sp³-hybridized carbons (Fsp3) is 0.231. The molecule has 8 heteroatoms. The summed E-state index contributed by atoms with van der Waals surface area (Å²) in [6.07, 6.45) is 2.13. The molecule has 6 nitrogen and oxygen atoms in total. The molecule has 0 spiro atoms. The van der Waals surface area contributed by atoms with Crippen molar-refractivity contribution in [3.05, 3.63) is 81.3 Å². The molecule has 0 aliphatic rings. The first-order valence-corrected chi connectivity index (χ1v) is 12.2. The fourth-order valence-electron chi connectivity index (χ4n) is 3.78. The minimum Gasteiger partial charge on any atom is -0.506 e. The number of halogens is 2. The maximum absolute atomic E-state index is 13.1. The minimum absolute atomic E-state index is 0.0275. The van der Waals surface area contributed by atoms with E-state index in [-0.39, 0.29) is 5.75 Å². The van der Waals surface area contributed by atoms with E-state index in [1.165, 1.54) is 0 Å². The molecule has 3 aromatic rings. The van der Waals surface area contributed by atoms with Gasteiger partial charge < -0.3 is 14.9 Å². The molecular formula is C26H25Br2NO5. The van der Waals surface area contributed by atoms with Gasteiger partial charge in [-0.25, -0.2) is 9.59 Å². The van der Waals surface area contributed by atoms with Gasteiger partial charge in [0.15, 0.2) is 0 Å². The molecule has 0 heterocycles. The Kier molecular flexibility index (Phi) is 8.38. The van der Waals surface area contributed by atoms with Gasteiger partial charge in [0.1, 0.15) is 11.9 Å². The Hall–Kier alpha value is -2.84. The van der Waals surface area contributed by atoms with E-state index in [4.69, 9.17) is 9.84 Å². The Morgan fingerprint density at radius 1 is 1.12 bits per heavy atom. The molecule has 3 N–H and O–H groups in total. The van der Waals surface area contributed by atoms with Gasteiger partial charge in [-0.15, -0.1) is 0 Å². The lowest BCUT2D eigenvalue weighted by atomic mass is 9.78. The maximum Gasteiger partial charge on any atom is 0.412 e. The zero-order chi connectivity index (χ0) is 24.9. The van der Waals surface area contributed by atoms with Crippen molar-refractivity contribution in [3.8, 4) is 5.75 Å². The SMILES string of the molecule is CC(C)(CC/C=C/C(=O)O)[C@H](OC(=O)Nc1cccc2ccccc12)c1cc(Br)cc(Br)c1O. The summed E-state index contributed by atoms with van der Waals surface area (Å²) >= 11 is 6.78. The number of benzene rings is 3. The molecule has 0 aliphatic heterocycles. The van der Waals surface area contributed by atoms with Crippen LogP contribution in [-0.2, 0) is 9.53 Å². The Balaban J connectivity index is 1.92. The predicted octanol–water partition coefficient (Wildman–Crippen LogP) is 7.81. The maximum atomic E-state index is 13.1. The Labute approximate surface area is 214 Å². The quantitative estimate of drug-likeness (QED) is 0.232. The molecule has 0 bridgehead atoms. The standard InChI is InChI=1S/C26H25Br2NO5/c1-26(2,13-6-5-12-22(30)31)24(19-14-17(27)15-20(28)23(19)32)34-25(33)29-21-11-7-9-16-8-3-4-10-18(16)21/h3-5,7-12,14-15,24,32H,6,13H2,1-2H3,(H,29,33)(H,30,31)/b12-5+/t24-/m1/s1. The smallest absolute Gasteiger partial charge is 0.412 e. The van der Waals surface area contributed by atoms with Crippen LogP contribution in [0.4, 0.5) is 10.5 Å². The van der Waals surface area contributed by atoms with Crippen molar-refractivity contribution in [2.45, 2.75) is 32.8 Å². The van der Waals surface area contributed by atoms with Gasteiger partial charge in [-0.05, 0) is 52.4 Å². The van der Waals surface area contributed by atoms with Gasteiger partial charge in [-0.1, -0.05) is 72.3 Å². The van der Waals surface area contributed by atoms with E-state index >= 15 is 0 Å². The molecule has 0 aliphatic carbocycles. The van der Waals surface area contributed by atoms with Crippen LogP contribution >= 0.6 is 31.9 Å². The van der Waals surface area contributed by atoms with Crippen LogP contribution in [0.3, 0.4) is 0 Å². The van der Waals surface area contributed by atoms with E-state index < -0.39 is 23.6 Å². The van der Waals surface area contributed by atoms with E-state index in [9.17, 15) is 14.7 Å². The minimum atomic E-state index is -1.02. The summed E-state index contributed by atoms with van der Waals surface area (Å²) in [6.45, 7) is 3.82. The van der Waals surface area contributed by atoms with Crippen molar-refractivity contribution in [1.29, 1.82) is 0 Å². The molecule has 0 unspecified atom stereocenters. The highest BCUT2D eigenvalue weighted by Crippen LogP contribution is 2.46. The largest absolute Gasteiger partial charge is 0.506 e. The van der Waals surface area contributed by atoms with Crippen LogP contribution in [-0.4, -0.2) is 22.3 Å². The summed E-state index contributed by atoms with van der Waals surface area (Å²) < 4.78 is 7.10. The van der Waals surface area contributed by atoms with Crippen LogP contribution < -0.4 is 5.32 Å². The lowest BCUT2D eigenvalue weighted by molar-refractivity contribution is -0.131. The van der Waals surface area contributed by atoms with Crippen LogP contribution in [0.15, 0.2) is 75.7 Å². The average Bonchev–Trinajstić information content (AvgIpc) is 2.78. The average molecular weight is 591 g/mol. The van der Waals surface area contributed by atoms with Crippen molar-refractivity contribution in [1.82, 2.24) is 0 Å². The lowest BCUT2D eigenvalue weighted by Crippen LogP contribution is -2.29. The summed E-state index contributed by atoms with van der Waals surface area (Å²) in [5.41, 5.74) is 0.404. The molecule has 178 valence electrons. The van der Waals surface area contributed by atoms with Crippen molar-refractivity contribution < 1.29 is 24.5 Å². The zero-order valence-corrected chi connectivity index (χ0v) is 21.9. The van der Waals surface area contributed by atoms with Gasteiger partial charge in [0.2, 0.25) is 0 Å². The van der Waals surface area contributed by atoms with E-state index in [1.54, 1.807) is 24.3 Å². The van der Waals surface area contributed by atoms with Crippen LogP contribution in [0.2, 0.25) is 0 Å². The van der Waals surface area contributed by atoms with Crippen LogP contribution in [0.5, 0.6) is 5.75 Å². The fourth-order valence-corrected chi connectivity index (χ4v) is 5.04. The number of phenols is 1. The topological polar surface area (TPSA) is 95.9 Å². The van der Waals surface area contributed by atoms with Gasteiger partial charge in [0.05, 0.1) is 10.2 Å². The number of fused-ring (bicyclic) bond motifs is 1. The van der Waals surface area contributed by atoms with Crippen LogP contribution in [0.1, 0.15) is 38.4 Å². The Morgan fingerprint density at radius 3 is 2.56 bits per heavy atom. The molecule has 3 aromatic carbocycles. The van der Waals surface area contributed by atoms with Gasteiger partial charge in [-0.2, -0.15) is 0 Å². The van der Waals surface area contributed by atoms with E-state index in [1.807, 2.05) is 50.2 Å². The van der Waals surface area contributed by atoms with Crippen LogP contribution in [0, 0.1) is 5.41 Å². The second kappa shape index (κ2) is 11.1. The first-order valence-electron chi connectivity index (χ1n) is 10.6. The number of anilines is 1. The molecule has 0 fully saturated rings. The molecule has 3 rings (SSSR count). The number of rotatable bonds is 8. The van der Waals surface area contributed by atoms with E-state index in [2.05, 4.69) is 37.2 Å². The van der Waals surface area contributed by atoms with Crippen molar-refractivity contribution >= 4 is 60.4 Å². The van der Waals surface area contributed by atoms with Crippen molar-refractivity contribution in [3.63, 3.8) is 0 Å². The van der Waals surface area contributed by atoms with E-state index in [0.29, 0.717) is 33.0 Å². The molecule has 1 atom stereocenters. The number of hydrogen-bond donors (Lipinski definition) is 3. The van der Waals surface area contributed by atoms with Gasteiger partial charge in [-0.3, -0.25) is 5.32 Å². The Morgan fingerprint density at radius 2 is 1.82 bits per heavy atom. The first kappa shape index (κ1) is 25.8. The molecule has 1 amide bonds. The highest BCUT2D eigenvalue weighted by atomic mass is 79.9. The number of aliphatic carboxylic acids is 1. The third kappa shape index (κ3) is 6.39. The van der Waals surface area contributed by atoms with Crippen molar-refractivity contribution in [2.24, 2.45) is 5.41 Å². The number of ether oxygens (including phenoxy) is 1. The number of allylic oxidation sites excluding steroid dienone is 1. The predicted molar refractivity (Wildman–Crippen MR) is 140 cm³/mol. The third-order valence-corrected chi connectivity index (χ3v) is 6.58. The number of carboxylic acids is 1. The molecular weight excluding hydrogens is 566 g/mol. The van der Waals surface area contributed by atoms with Gasteiger partial charge in [0.25, 0.3) is 0 Å². The normalized spacial score (nSPS) is 12.6. The second-order valence-electron chi connectivity index (χ2n) is 8.53. The Bertz CT molecular complexity index is 1230. The second-order valence-corrected chi connectivity index (χ2v) is 10.3. The number of carbonyl (C=O) groups is 2. The molecule has 34 heavy (non-hydrogen) atoms. The highest BCUT2D eigenvalue weighted by Gasteiger charge is 2.36. The van der Waals surface area contributed by atoms with E-state index in [0.717, 1.165) is 16.8 Å². The number of carbonyl (C=O) groups excluding carboxylic acids is 1. The summed E-state index contributed by atoms with van der Waals surface area (Å²) in [5.74, 6) is -1.05. The monoisotopic (exact) mass is 589 g/mol. The lowest BCUT2D eigenvalue weighted by Gasteiger charge is -2.34. The highest BCUT2D eigenvalue weighted by molar-refractivity contribution is 9.11.